The number of piperazine rings is 1. The second-order valence-electron chi connectivity index (χ2n) is 10.3. The number of carbonyl (C=O) groups excluding carboxylic acids is 3. The van der Waals surface area contributed by atoms with E-state index in [1.54, 1.807) is 25.2 Å². The molecule has 3 amide bonds. The van der Waals surface area contributed by atoms with E-state index < -0.39 is 18.0 Å². The Labute approximate surface area is 256 Å². The first-order valence-electron chi connectivity index (χ1n) is 13.8. The van der Waals surface area contributed by atoms with Crippen LogP contribution in [0, 0.1) is 5.82 Å². The number of ether oxygens (including phenoxy) is 1. The molecule has 2 aromatic carbocycles. The van der Waals surface area contributed by atoms with E-state index in [1.807, 2.05) is 42.3 Å². The number of aryl methyl sites for hydroxylation is 1. The lowest BCUT2D eigenvalue weighted by Crippen LogP contribution is -2.47. The Morgan fingerprint density at radius 2 is 1.81 bits per heavy atom. The number of hydrogen-bond donors (Lipinski definition) is 1. The molecule has 1 aliphatic rings. The molecule has 1 aliphatic heterocycles. The Bertz CT molecular complexity index is 1360. The molecule has 1 fully saturated rings. The normalized spacial score (nSPS) is 14.0. The summed E-state index contributed by atoms with van der Waals surface area (Å²) < 4.78 is 24.5. The first-order valence-corrected chi connectivity index (χ1v) is 14.2. The highest BCUT2D eigenvalue weighted by Crippen LogP contribution is 2.23. The van der Waals surface area contributed by atoms with Gasteiger partial charge in [0.2, 0.25) is 17.7 Å². The fraction of sp³-hybridized carbons (Fsp3) is 0.419. The van der Waals surface area contributed by atoms with Crippen molar-refractivity contribution in [3.05, 3.63) is 71.0 Å². The van der Waals surface area contributed by atoms with Gasteiger partial charge in [-0.3, -0.25) is 14.9 Å². The predicted molar refractivity (Wildman–Crippen MR) is 163 cm³/mol. The summed E-state index contributed by atoms with van der Waals surface area (Å²) in [5.41, 5.74) is 1.90. The maximum absolute atomic E-state index is 13.8. The first kappa shape index (κ1) is 33.5. The lowest BCUT2D eigenvalue weighted by Gasteiger charge is -2.33. The summed E-state index contributed by atoms with van der Waals surface area (Å²) in [6, 6.07) is 14.8. The molecule has 0 unspecified atom stereocenters. The van der Waals surface area contributed by atoms with Crippen LogP contribution in [-0.2, 0) is 20.7 Å². The third-order valence-electron chi connectivity index (χ3n) is 7.34. The molecule has 1 N–H and O–H groups in total. The summed E-state index contributed by atoms with van der Waals surface area (Å²) in [5, 5.41) is 6.47. The van der Waals surface area contributed by atoms with Crippen molar-refractivity contribution in [3.8, 4) is 11.3 Å². The van der Waals surface area contributed by atoms with Crippen molar-refractivity contribution < 1.29 is 28.0 Å². The summed E-state index contributed by atoms with van der Waals surface area (Å²) in [6.07, 6.45) is 0.00347. The monoisotopic (exact) mass is 615 g/mol. The maximum Gasteiger partial charge on any atom is 0.414 e. The van der Waals surface area contributed by atoms with E-state index >= 15 is 0 Å². The van der Waals surface area contributed by atoms with Crippen LogP contribution in [0.2, 0.25) is 5.02 Å². The molecule has 0 aliphatic carbocycles. The number of aromatic nitrogens is 1. The van der Waals surface area contributed by atoms with Crippen molar-refractivity contribution in [2.75, 3.05) is 52.2 Å². The summed E-state index contributed by atoms with van der Waals surface area (Å²) in [4.78, 5) is 44.1. The van der Waals surface area contributed by atoms with Crippen LogP contribution in [0.3, 0.4) is 0 Å². The predicted octanol–water partition coefficient (Wildman–Crippen LogP) is 5.33. The lowest BCUT2D eigenvalue weighted by atomic mass is 10.1. The third kappa shape index (κ3) is 9.52. The van der Waals surface area contributed by atoms with Gasteiger partial charge in [0.1, 0.15) is 18.1 Å². The number of nitrogens with one attached hydrogen (secondary N) is 1. The Balaban J connectivity index is 0.00000506. The summed E-state index contributed by atoms with van der Waals surface area (Å²) >= 11 is 6.05. The Morgan fingerprint density at radius 3 is 2.53 bits per heavy atom. The SMILES string of the molecule is C.CN1CCN(C(=O)CC[C@@H](COC(=O)Nc2cc(-c3ccccc3)no2)N(C)C(=O)CCc2cccc(F)c2Cl)CC1. The van der Waals surface area contributed by atoms with E-state index in [9.17, 15) is 18.8 Å². The van der Waals surface area contributed by atoms with Crippen molar-refractivity contribution in [2.24, 2.45) is 0 Å². The van der Waals surface area contributed by atoms with Gasteiger partial charge >= 0.3 is 6.09 Å². The number of likely N-dealkylation sites (N-methyl/N-ethyl adjacent to an activating group) is 2. The topological polar surface area (TPSA) is 108 Å². The molecular formula is C31H39ClFN5O5. The van der Waals surface area contributed by atoms with Gasteiger partial charge in [0.15, 0.2) is 0 Å². The second-order valence-corrected chi connectivity index (χ2v) is 10.6. The minimum Gasteiger partial charge on any atom is -0.447 e. The molecule has 43 heavy (non-hydrogen) atoms. The van der Waals surface area contributed by atoms with Crippen LogP contribution in [0.15, 0.2) is 59.1 Å². The fourth-order valence-corrected chi connectivity index (χ4v) is 4.86. The molecule has 0 spiro atoms. The molecule has 0 radical (unpaired) electrons. The van der Waals surface area contributed by atoms with E-state index in [-0.39, 0.29) is 56.0 Å². The zero-order chi connectivity index (χ0) is 30.1. The van der Waals surface area contributed by atoms with Crippen molar-refractivity contribution >= 4 is 35.4 Å². The van der Waals surface area contributed by atoms with Gasteiger partial charge in [-0.15, -0.1) is 0 Å². The number of benzene rings is 2. The molecule has 3 aromatic rings. The molecule has 1 atom stereocenters. The Hall–Kier alpha value is -3.96. The van der Waals surface area contributed by atoms with Crippen molar-refractivity contribution in [3.63, 3.8) is 0 Å². The lowest BCUT2D eigenvalue weighted by molar-refractivity contribution is -0.136. The largest absolute Gasteiger partial charge is 0.447 e. The molecule has 1 aromatic heterocycles. The average molecular weight is 616 g/mol. The van der Waals surface area contributed by atoms with Gasteiger partial charge in [-0.25, -0.2) is 9.18 Å². The zero-order valence-electron chi connectivity index (χ0n) is 23.7. The summed E-state index contributed by atoms with van der Waals surface area (Å²) in [7, 11) is 3.61. The second kappa shape index (κ2) is 16.0. The Morgan fingerprint density at radius 1 is 1.09 bits per heavy atom. The van der Waals surface area contributed by atoms with Gasteiger partial charge in [0, 0.05) is 57.7 Å². The van der Waals surface area contributed by atoms with Crippen LogP contribution < -0.4 is 5.32 Å². The summed E-state index contributed by atoms with van der Waals surface area (Å²) in [6.45, 7) is 2.74. The molecule has 12 heteroatoms. The van der Waals surface area contributed by atoms with E-state index in [0.29, 0.717) is 30.8 Å². The standard InChI is InChI=1S/C30H35ClFN5O5.CH4/c1-35-15-17-37(18-16-35)28(39)14-12-23(36(2)27(38)13-11-22-9-6-10-24(32)29(22)31)20-41-30(40)33-26-19-25(34-42-26)21-7-4-3-5-8-21;/h3-10,19,23H,11-18,20H2,1-2H3,(H,33,40);1H4/t23-;/m0./s1. The van der Waals surface area contributed by atoms with Crippen LogP contribution in [0.4, 0.5) is 15.1 Å². The van der Waals surface area contributed by atoms with Gasteiger partial charge in [0.05, 0.1) is 11.1 Å². The van der Waals surface area contributed by atoms with Crippen LogP contribution >= 0.6 is 11.6 Å². The van der Waals surface area contributed by atoms with E-state index in [1.165, 1.54) is 11.0 Å². The Kier molecular flexibility index (Phi) is 12.5. The van der Waals surface area contributed by atoms with Crippen molar-refractivity contribution in [1.29, 1.82) is 0 Å². The molecule has 0 saturated carbocycles. The highest BCUT2D eigenvalue weighted by molar-refractivity contribution is 6.31. The molecule has 232 valence electrons. The van der Waals surface area contributed by atoms with E-state index in [2.05, 4.69) is 15.4 Å². The number of halogens is 2. The number of hydrogen-bond acceptors (Lipinski definition) is 7. The minimum absolute atomic E-state index is 0. The van der Waals surface area contributed by atoms with Gasteiger partial charge in [-0.2, -0.15) is 0 Å². The third-order valence-corrected chi connectivity index (χ3v) is 7.76. The number of rotatable bonds is 11. The van der Waals surface area contributed by atoms with Crippen LogP contribution in [0.5, 0.6) is 0 Å². The number of amides is 3. The molecule has 1 saturated heterocycles. The van der Waals surface area contributed by atoms with E-state index in [4.69, 9.17) is 20.9 Å². The van der Waals surface area contributed by atoms with Gasteiger partial charge < -0.3 is 24.0 Å². The highest BCUT2D eigenvalue weighted by atomic mass is 35.5. The number of anilines is 1. The van der Waals surface area contributed by atoms with Crippen molar-refractivity contribution in [1.82, 2.24) is 19.9 Å². The zero-order valence-corrected chi connectivity index (χ0v) is 24.5. The van der Waals surface area contributed by atoms with Gasteiger partial charge in [-0.05, 0) is 31.5 Å². The molecule has 10 nitrogen and oxygen atoms in total. The van der Waals surface area contributed by atoms with Crippen LogP contribution in [-0.4, -0.2) is 90.7 Å². The fourth-order valence-electron chi connectivity index (χ4n) is 4.64. The number of carbonyl (C=O) groups is 3. The quantitative estimate of drug-likeness (QED) is 0.310. The van der Waals surface area contributed by atoms with Crippen LogP contribution in [0.25, 0.3) is 11.3 Å². The van der Waals surface area contributed by atoms with Crippen LogP contribution in [0.1, 0.15) is 32.3 Å². The van der Waals surface area contributed by atoms with Gasteiger partial charge in [-0.1, -0.05) is 66.6 Å². The minimum atomic E-state index is -0.784. The average Bonchev–Trinajstić information content (AvgIpc) is 3.46. The molecule has 2 heterocycles. The molecular weight excluding hydrogens is 577 g/mol. The maximum atomic E-state index is 13.8. The van der Waals surface area contributed by atoms with E-state index in [0.717, 1.165) is 18.7 Å². The highest BCUT2D eigenvalue weighted by Gasteiger charge is 2.26. The molecule has 0 bridgehead atoms. The number of nitrogens with zero attached hydrogens (tertiary/aromatic N) is 4. The summed E-state index contributed by atoms with van der Waals surface area (Å²) in [5.74, 6) is -0.700. The molecule has 4 rings (SSSR count). The van der Waals surface area contributed by atoms with Gasteiger partial charge in [0.25, 0.3) is 0 Å². The smallest absolute Gasteiger partial charge is 0.414 e. The van der Waals surface area contributed by atoms with Crippen molar-refractivity contribution in [2.45, 2.75) is 39.2 Å². The first-order chi connectivity index (χ1) is 20.2.